The fraction of sp³-hybridized carbons (Fsp3) is 0.300. The van der Waals surface area contributed by atoms with Gasteiger partial charge in [0.15, 0.2) is 0 Å². The van der Waals surface area contributed by atoms with Crippen molar-refractivity contribution in [1.29, 1.82) is 0 Å². The summed E-state index contributed by atoms with van der Waals surface area (Å²) in [6, 6.07) is 9.86. The third kappa shape index (κ3) is 4.39. The summed E-state index contributed by atoms with van der Waals surface area (Å²) >= 11 is 0. The fourth-order valence-electron chi connectivity index (χ4n) is 3.22. The van der Waals surface area contributed by atoms with E-state index < -0.39 is 15.9 Å². The van der Waals surface area contributed by atoms with Crippen LogP contribution in [-0.2, 0) is 16.6 Å². The Hall–Kier alpha value is -3.11. The second kappa shape index (κ2) is 8.72. The van der Waals surface area contributed by atoms with Gasteiger partial charge in [-0.05, 0) is 48.7 Å². The molecule has 0 unspecified atom stereocenters. The lowest BCUT2D eigenvalue weighted by Crippen LogP contribution is -2.35. The van der Waals surface area contributed by atoms with Crippen LogP contribution in [0.3, 0.4) is 0 Å². The summed E-state index contributed by atoms with van der Waals surface area (Å²) < 4.78 is 32.4. The molecule has 9 nitrogen and oxygen atoms in total. The third-order valence-electron chi connectivity index (χ3n) is 4.85. The van der Waals surface area contributed by atoms with E-state index in [1.54, 1.807) is 30.6 Å². The molecular weight excluding hydrogens is 406 g/mol. The van der Waals surface area contributed by atoms with E-state index in [4.69, 9.17) is 4.42 Å². The zero-order chi connectivity index (χ0) is 21.0. The van der Waals surface area contributed by atoms with Gasteiger partial charge in [0.05, 0.1) is 4.90 Å². The van der Waals surface area contributed by atoms with Crippen LogP contribution in [0.15, 0.2) is 58.1 Å². The normalized spacial score (nSPS) is 15.1. The van der Waals surface area contributed by atoms with Gasteiger partial charge < -0.3 is 9.73 Å². The summed E-state index contributed by atoms with van der Waals surface area (Å²) in [5.74, 6) is -0.524. The van der Waals surface area contributed by atoms with Gasteiger partial charge in [0.1, 0.15) is 0 Å². The number of aromatic nitrogens is 3. The van der Waals surface area contributed by atoms with Crippen LogP contribution in [0.5, 0.6) is 0 Å². The largest absolute Gasteiger partial charge is 0.412 e. The van der Waals surface area contributed by atoms with Gasteiger partial charge in [0.2, 0.25) is 15.9 Å². The molecule has 3 heterocycles. The summed E-state index contributed by atoms with van der Waals surface area (Å²) in [6.07, 6.45) is 6.12. The Bertz CT molecular complexity index is 1110. The average Bonchev–Trinajstić information content (AvgIpc) is 3.29. The number of amides is 1. The zero-order valence-corrected chi connectivity index (χ0v) is 17.0. The minimum Gasteiger partial charge on any atom is -0.412 e. The molecule has 3 aromatic rings. The number of rotatable bonds is 6. The highest BCUT2D eigenvalue weighted by Gasteiger charge is 2.26. The van der Waals surface area contributed by atoms with Crippen LogP contribution in [0.2, 0.25) is 0 Å². The molecule has 4 rings (SSSR count). The van der Waals surface area contributed by atoms with Crippen LogP contribution in [-0.4, -0.2) is 46.9 Å². The van der Waals surface area contributed by atoms with Crippen LogP contribution in [0.4, 0.5) is 0 Å². The summed E-state index contributed by atoms with van der Waals surface area (Å²) in [7, 11) is -3.51. The predicted molar refractivity (Wildman–Crippen MR) is 108 cm³/mol. The van der Waals surface area contributed by atoms with Crippen LogP contribution >= 0.6 is 0 Å². The summed E-state index contributed by atoms with van der Waals surface area (Å²) in [5, 5.41) is 10.4. The first-order chi connectivity index (χ1) is 14.5. The maximum atomic E-state index is 12.7. The van der Waals surface area contributed by atoms with E-state index in [1.807, 2.05) is 6.07 Å². The monoisotopic (exact) mass is 427 g/mol. The van der Waals surface area contributed by atoms with Crippen LogP contribution in [0.1, 0.15) is 35.5 Å². The first kappa shape index (κ1) is 20.2. The highest BCUT2D eigenvalue weighted by atomic mass is 32.2. The van der Waals surface area contributed by atoms with Crippen molar-refractivity contribution >= 4 is 15.9 Å². The van der Waals surface area contributed by atoms with E-state index in [0.717, 1.165) is 24.8 Å². The lowest BCUT2D eigenvalue weighted by atomic mass is 10.2. The van der Waals surface area contributed by atoms with Gasteiger partial charge >= 0.3 is 11.8 Å². The lowest BCUT2D eigenvalue weighted by Gasteiger charge is -2.25. The van der Waals surface area contributed by atoms with E-state index in [-0.39, 0.29) is 23.2 Å². The van der Waals surface area contributed by atoms with Gasteiger partial charge in [-0.3, -0.25) is 9.78 Å². The standard InChI is InChI=1S/C20H21N5O4S/c26-18(22-14-15-5-4-10-21-13-15)20-24-23-19(29-20)16-6-8-17(9-7-16)30(27,28)25-11-2-1-3-12-25/h4-10,13H,1-3,11-12,14H2,(H,22,26). The molecule has 1 aliphatic heterocycles. The second-order valence-corrected chi connectivity index (χ2v) is 8.88. The maximum absolute atomic E-state index is 12.7. The Labute approximate surface area is 174 Å². The Morgan fingerprint density at radius 1 is 1.07 bits per heavy atom. The Kier molecular flexibility index (Phi) is 5.86. The molecule has 1 N–H and O–H groups in total. The molecule has 156 valence electrons. The van der Waals surface area contributed by atoms with E-state index in [9.17, 15) is 13.2 Å². The summed E-state index contributed by atoms with van der Waals surface area (Å²) in [6.45, 7) is 1.38. The number of nitrogens with zero attached hydrogens (tertiary/aromatic N) is 4. The van der Waals surface area contributed by atoms with Crippen molar-refractivity contribution < 1.29 is 17.6 Å². The van der Waals surface area contributed by atoms with E-state index in [0.29, 0.717) is 18.7 Å². The molecular formula is C20H21N5O4S. The topological polar surface area (TPSA) is 118 Å². The molecule has 0 bridgehead atoms. The van der Waals surface area contributed by atoms with Gasteiger partial charge in [-0.25, -0.2) is 8.42 Å². The molecule has 10 heteroatoms. The van der Waals surface area contributed by atoms with E-state index in [1.165, 1.54) is 16.4 Å². The van der Waals surface area contributed by atoms with Crippen molar-refractivity contribution in [2.24, 2.45) is 0 Å². The highest BCUT2D eigenvalue weighted by Crippen LogP contribution is 2.24. The van der Waals surface area contributed by atoms with Gasteiger partial charge in [0, 0.05) is 37.6 Å². The summed E-state index contributed by atoms with van der Waals surface area (Å²) in [5.41, 5.74) is 1.38. The van der Waals surface area contributed by atoms with Gasteiger partial charge in [-0.2, -0.15) is 4.31 Å². The molecule has 0 aliphatic carbocycles. The Balaban J connectivity index is 1.43. The van der Waals surface area contributed by atoms with Crippen LogP contribution in [0, 0.1) is 0 Å². The van der Waals surface area contributed by atoms with Gasteiger partial charge in [0.25, 0.3) is 0 Å². The predicted octanol–water partition coefficient (Wildman–Crippen LogP) is 2.24. The second-order valence-electron chi connectivity index (χ2n) is 6.95. The minimum atomic E-state index is -3.51. The first-order valence-corrected chi connectivity index (χ1v) is 11.1. The molecule has 0 saturated carbocycles. The number of hydrogen-bond donors (Lipinski definition) is 1. The molecule has 1 saturated heterocycles. The van der Waals surface area contributed by atoms with Crippen LogP contribution < -0.4 is 5.32 Å². The molecule has 1 amide bonds. The van der Waals surface area contributed by atoms with E-state index in [2.05, 4.69) is 20.5 Å². The number of carbonyl (C=O) groups is 1. The van der Waals surface area contributed by atoms with Gasteiger partial charge in [-0.15, -0.1) is 10.2 Å². The van der Waals surface area contributed by atoms with Crippen molar-refractivity contribution in [2.45, 2.75) is 30.7 Å². The number of hydrogen-bond acceptors (Lipinski definition) is 7. The zero-order valence-electron chi connectivity index (χ0n) is 16.2. The van der Waals surface area contributed by atoms with Crippen molar-refractivity contribution in [3.8, 4) is 11.5 Å². The van der Waals surface area contributed by atoms with E-state index >= 15 is 0 Å². The summed E-state index contributed by atoms with van der Waals surface area (Å²) in [4.78, 5) is 16.4. The highest BCUT2D eigenvalue weighted by molar-refractivity contribution is 7.89. The van der Waals surface area contributed by atoms with Crippen molar-refractivity contribution in [3.05, 3.63) is 60.2 Å². The number of sulfonamides is 1. The number of piperidine rings is 1. The number of carbonyl (C=O) groups excluding carboxylic acids is 1. The lowest BCUT2D eigenvalue weighted by molar-refractivity contribution is 0.0917. The van der Waals surface area contributed by atoms with Gasteiger partial charge in [-0.1, -0.05) is 12.5 Å². The molecule has 1 fully saturated rings. The van der Waals surface area contributed by atoms with Crippen LogP contribution in [0.25, 0.3) is 11.5 Å². The van der Waals surface area contributed by atoms with Crippen molar-refractivity contribution in [1.82, 2.24) is 24.8 Å². The third-order valence-corrected chi connectivity index (χ3v) is 6.76. The smallest absolute Gasteiger partial charge is 0.309 e. The minimum absolute atomic E-state index is 0.142. The molecule has 0 atom stereocenters. The average molecular weight is 427 g/mol. The number of nitrogens with one attached hydrogen (secondary N) is 1. The molecule has 1 aromatic carbocycles. The molecule has 30 heavy (non-hydrogen) atoms. The molecule has 0 spiro atoms. The first-order valence-electron chi connectivity index (χ1n) is 9.65. The Morgan fingerprint density at radius 2 is 1.83 bits per heavy atom. The molecule has 1 aliphatic rings. The fourth-order valence-corrected chi connectivity index (χ4v) is 4.73. The van der Waals surface area contributed by atoms with Crippen molar-refractivity contribution in [3.63, 3.8) is 0 Å². The maximum Gasteiger partial charge on any atom is 0.309 e. The number of pyridine rings is 1. The Morgan fingerprint density at radius 3 is 2.53 bits per heavy atom. The molecule has 2 aromatic heterocycles. The van der Waals surface area contributed by atoms with Crippen molar-refractivity contribution in [2.75, 3.05) is 13.1 Å². The molecule has 0 radical (unpaired) electrons. The number of benzene rings is 1. The quantitative estimate of drug-likeness (QED) is 0.641. The SMILES string of the molecule is O=C(NCc1cccnc1)c1nnc(-c2ccc(S(=O)(=O)N3CCCCC3)cc2)o1.